The predicted molar refractivity (Wildman–Crippen MR) is 133 cm³/mol. The van der Waals surface area contributed by atoms with Crippen LogP contribution in [0.2, 0.25) is 0 Å². The van der Waals surface area contributed by atoms with E-state index in [9.17, 15) is 9.59 Å². The molecule has 2 aromatic heterocycles. The molecular weight excluding hydrogens is 472 g/mol. The molecule has 180 valence electrons. The van der Waals surface area contributed by atoms with E-state index in [1.165, 1.54) is 23.1 Å². The number of thioether (sulfide) groups is 1. The molecule has 1 amide bonds. The van der Waals surface area contributed by atoms with Crippen molar-refractivity contribution >= 4 is 40.0 Å². The molecule has 0 radical (unpaired) electrons. The number of esters is 1. The van der Waals surface area contributed by atoms with Gasteiger partial charge < -0.3 is 19.4 Å². The van der Waals surface area contributed by atoms with Gasteiger partial charge in [0.05, 0.1) is 25.0 Å². The summed E-state index contributed by atoms with van der Waals surface area (Å²) >= 11 is 2.65. The number of aryl methyl sites for hydroxylation is 1. The quantitative estimate of drug-likeness (QED) is 0.320. The smallest absolute Gasteiger partial charge is 0.341 e. The Bertz CT molecular complexity index is 1120. The van der Waals surface area contributed by atoms with Crippen LogP contribution >= 0.6 is 23.1 Å². The molecule has 1 unspecified atom stereocenters. The average molecular weight is 501 g/mol. The van der Waals surface area contributed by atoms with Gasteiger partial charge in [-0.1, -0.05) is 49.0 Å². The van der Waals surface area contributed by atoms with Crippen LogP contribution in [0.15, 0.2) is 40.9 Å². The Kier molecular flexibility index (Phi) is 8.36. The number of benzene rings is 1. The highest BCUT2D eigenvalue weighted by Gasteiger charge is 2.24. The maximum absolute atomic E-state index is 12.8. The van der Waals surface area contributed by atoms with Gasteiger partial charge in [-0.15, -0.1) is 21.5 Å². The molecule has 1 aliphatic rings. The molecule has 8 nitrogen and oxygen atoms in total. The van der Waals surface area contributed by atoms with E-state index in [2.05, 4.69) is 20.1 Å². The molecule has 1 aliphatic heterocycles. The fraction of sp³-hybridized carbons (Fsp3) is 0.417. The largest absolute Gasteiger partial charge is 0.462 e. The zero-order valence-electron chi connectivity index (χ0n) is 19.3. The van der Waals surface area contributed by atoms with Gasteiger partial charge in [-0.25, -0.2) is 4.79 Å². The van der Waals surface area contributed by atoms with Crippen molar-refractivity contribution in [2.45, 2.75) is 50.9 Å². The Balaban J connectivity index is 1.47. The number of nitrogens with one attached hydrogen (secondary N) is 1. The third-order valence-electron chi connectivity index (χ3n) is 5.46. The van der Waals surface area contributed by atoms with Crippen LogP contribution in [0.5, 0.6) is 0 Å². The van der Waals surface area contributed by atoms with Crippen molar-refractivity contribution in [3.8, 4) is 11.1 Å². The molecule has 0 saturated carbocycles. The van der Waals surface area contributed by atoms with Gasteiger partial charge in [0.2, 0.25) is 5.91 Å². The molecule has 0 bridgehead atoms. The first-order chi connectivity index (χ1) is 16.6. The minimum atomic E-state index is -0.450. The maximum atomic E-state index is 12.8. The molecule has 1 fully saturated rings. The van der Waals surface area contributed by atoms with Crippen LogP contribution in [0, 0.1) is 0 Å². The molecule has 4 rings (SSSR count). The molecule has 1 aromatic carbocycles. The number of rotatable bonds is 10. The number of thiophene rings is 1. The Morgan fingerprint density at radius 1 is 1.26 bits per heavy atom. The second kappa shape index (κ2) is 11.6. The third-order valence-corrected chi connectivity index (χ3v) is 7.32. The van der Waals surface area contributed by atoms with E-state index >= 15 is 0 Å². The fourth-order valence-corrected chi connectivity index (χ4v) is 5.58. The van der Waals surface area contributed by atoms with Crippen molar-refractivity contribution in [3.05, 3.63) is 47.1 Å². The molecule has 0 aliphatic carbocycles. The van der Waals surface area contributed by atoms with Crippen LogP contribution in [0.1, 0.15) is 42.9 Å². The lowest BCUT2D eigenvalue weighted by Crippen LogP contribution is -2.19. The van der Waals surface area contributed by atoms with Crippen LogP contribution in [0.3, 0.4) is 0 Å². The van der Waals surface area contributed by atoms with E-state index in [0.29, 0.717) is 22.3 Å². The number of carbonyl (C=O) groups excluding carboxylic acids is 2. The summed E-state index contributed by atoms with van der Waals surface area (Å²) < 4.78 is 13.1. The van der Waals surface area contributed by atoms with Gasteiger partial charge in [-0.2, -0.15) is 0 Å². The Hall–Kier alpha value is -2.69. The third kappa shape index (κ3) is 5.68. The van der Waals surface area contributed by atoms with E-state index in [-0.39, 0.29) is 24.4 Å². The van der Waals surface area contributed by atoms with Gasteiger partial charge in [0.15, 0.2) is 5.16 Å². The fourth-order valence-electron chi connectivity index (χ4n) is 3.84. The first kappa shape index (κ1) is 24.4. The maximum Gasteiger partial charge on any atom is 0.341 e. The molecule has 1 N–H and O–H groups in total. The highest BCUT2D eigenvalue weighted by atomic mass is 32.2. The molecule has 3 heterocycles. The second-order valence-electron chi connectivity index (χ2n) is 7.77. The van der Waals surface area contributed by atoms with Crippen LogP contribution < -0.4 is 5.32 Å². The summed E-state index contributed by atoms with van der Waals surface area (Å²) in [5.74, 6) is 0.360. The molecular formula is C24H28N4O4S2. The molecule has 34 heavy (non-hydrogen) atoms. The molecule has 10 heteroatoms. The van der Waals surface area contributed by atoms with Gasteiger partial charge in [0.25, 0.3) is 0 Å². The summed E-state index contributed by atoms with van der Waals surface area (Å²) in [7, 11) is 0. The van der Waals surface area contributed by atoms with Crippen molar-refractivity contribution in [2.24, 2.45) is 0 Å². The highest BCUT2D eigenvalue weighted by molar-refractivity contribution is 7.99. The molecule has 3 aromatic rings. The summed E-state index contributed by atoms with van der Waals surface area (Å²) in [4.78, 5) is 25.6. The van der Waals surface area contributed by atoms with E-state index in [4.69, 9.17) is 9.47 Å². The van der Waals surface area contributed by atoms with Gasteiger partial charge in [0.1, 0.15) is 16.4 Å². The van der Waals surface area contributed by atoms with Crippen molar-refractivity contribution in [3.63, 3.8) is 0 Å². The monoisotopic (exact) mass is 500 g/mol. The average Bonchev–Trinajstić information content (AvgIpc) is 3.59. The number of amides is 1. The molecule has 1 saturated heterocycles. The van der Waals surface area contributed by atoms with Crippen LogP contribution in [-0.2, 0) is 27.2 Å². The van der Waals surface area contributed by atoms with E-state index in [0.717, 1.165) is 42.8 Å². The van der Waals surface area contributed by atoms with E-state index in [1.807, 2.05) is 42.6 Å². The van der Waals surface area contributed by atoms with Crippen LogP contribution in [-0.4, -0.2) is 51.7 Å². The van der Waals surface area contributed by atoms with Crippen LogP contribution in [0.25, 0.3) is 11.1 Å². The number of aromatic nitrogens is 3. The predicted octanol–water partition coefficient (Wildman–Crippen LogP) is 4.66. The number of hydrogen-bond acceptors (Lipinski definition) is 8. The van der Waals surface area contributed by atoms with Gasteiger partial charge >= 0.3 is 5.97 Å². The molecule has 1 atom stereocenters. The van der Waals surface area contributed by atoms with Crippen LogP contribution in [0.4, 0.5) is 5.00 Å². The topological polar surface area (TPSA) is 95.3 Å². The summed E-state index contributed by atoms with van der Waals surface area (Å²) in [5.41, 5.74) is 2.02. The standard InChI is InChI=1S/C24H28N4O4S2/c1-3-19-26-27-24(28(19)13-17-11-8-12-32-17)34-15-20(29)25-22-21(23(30)31-4-2)18(14-33-22)16-9-6-5-7-10-16/h5-7,9-10,14,17H,3-4,8,11-13,15H2,1-2H3,(H,25,29). The summed E-state index contributed by atoms with van der Waals surface area (Å²) in [6.45, 7) is 5.53. The lowest BCUT2D eigenvalue weighted by atomic mass is 10.0. The van der Waals surface area contributed by atoms with Gasteiger partial charge in [-0.05, 0) is 25.3 Å². The Morgan fingerprint density at radius 2 is 2.09 bits per heavy atom. The number of hydrogen-bond donors (Lipinski definition) is 1. The van der Waals surface area contributed by atoms with Crippen molar-refractivity contribution in [1.82, 2.24) is 14.8 Å². The number of nitrogens with zero attached hydrogens (tertiary/aromatic N) is 3. The van der Waals surface area contributed by atoms with Crippen molar-refractivity contribution in [2.75, 3.05) is 24.3 Å². The first-order valence-corrected chi connectivity index (χ1v) is 13.3. The second-order valence-corrected chi connectivity index (χ2v) is 9.60. The summed E-state index contributed by atoms with van der Waals surface area (Å²) in [5, 5.41) is 14.5. The lowest BCUT2D eigenvalue weighted by molar-refractivity contribution is -0.113. The normalized spacial score (nSPS) is 15.4. The zero-order valence-corrected chi connectivity index (χ0v) is 20.9. The summed E-state index contributed by atoms with van der Waals surface area (Å²) in [6.07, 6.45) is 3.00. The van der Waals surface area contributed by atoms with E-state index < -0.39 is 5.97 Å². The minimum Gasteiger partial charge on any atom is -0.462 e. The Labute approximate surface area is 207 Å². The summed E-state index contributed by atoms with van der Waals surface area (Å²) in [6, 6.07) is 9.60. The first-order valence-electron chi connectivity index (χ1n) is 11.4. The van der Waals surface area contributed by atoms with E-state index in [1.54, 1.807) is 6.92 Å². The number of anilines is 1. The SMILES string of the molecule is CCOC(=O)c1c(-c2ccccc2)csc1NC(=O)CSc1nnc(CC)n1CC1CCCO1. The van der Waals surface area contributed by atoms with Gasteiger partial charge in [-0.3, -0.25) is 4.79 Å². The Morgan fingerprint density at radius 3 is 2.79 bits per heavy atom. The van der Waals surface area contributed by atoms with Crippen molar-refractivity contribution < 1.29 is 19.1 Å². The number of ether oxygens (including phenoxy) is 2. The number of carbonyl (C=O) groups is 2. The zero-order chi connectivity index (χ0) is 23.9. The van der Waals surface area contributed by atoms with Crippen molar-refractivity contribution in [1.29, 1.82) is 0 Å². The van der Waals surface area contributed by atoms with Gasteiger partial charge in [0, 0.05) is 24.0 Å². The lowest BCUT2D eigenvalue weighted by Gasteiger charge is -2.14. The molecule has 0 spiro atoms. The minimum absolute atomic E-state index is 0.147. The highest BCUT2D eigenvalue weighted by Crippen LogP contribution is 2.36.